The predicted molar refractivity (Wildman–Crippen MR) is 144 cm³/mol. The fourth-order valence-electron chi connectivity index (χ4n) is 4.88. The second kappa shape index (κ2) is 7.57. The zero-order valence-corrected chi connectivity index (χ0v) is 22.3. The van der Waals surface area contributed by atoms with Gasteiger partial charge < -0.3 is 0 Å². The molecular weight excluding hydrogens is 479 g/mol. The molecule has 168 valence electrons. The van der Waals surface area contributed by atoms with Crippen molar-refractivity contribution in [3.63, 3.8) is 0 Å². The molecule has 4 nitrogen and oxygen atoms in total. The van der Waals surface area contributed by atoms with Gasteiger partial charge in [-0.15, -0.1) is 0 Å². The zero-order valence-electron chi connectivity index (χ0n) is 20.2. The summed E-state index contributed by atoms with van der Waals surface area (Å²) in [5, 5.41) is 2.28. The summed E-state index contributed by atoms with van der Waals surface area (Å²) in [5.41, 5.74) is 7.80. The van der Waals surface area contributed by atoms with Gasteiger partial charge in [0.1, 0.15) is 0 Å². The molecule has 0 fully saturated rings. The van der Waals surface area contributed by atoms with Crippen LogP contribution in [0.1, 0.15) is 11.4 Å². The quantitative estimate of drug-likeness (QED) is 0.240. The number of aryl methyl sites for hydroxylation is 2. The van der Waals surface area contributed by atoms with Crippen LogP contribution in [0.15, 0.2) is 77.2 Å². The number of imidazole rings is 1. The van der Waals surface area contributed by atoms with Gasteiger partial charge in [-0.25, -0.2) is 0 Å². The monoisotopic (exact) mass is 507 g/mol. The number of benzene rings is 3. The van der Waals surface area contributed by atoms with Gasteiger partial charge >= 0.3 is 202 Å². The molecule has 0 aliphatic heterocycles. The van der Waals surface area contributed by atoms with Crippen LogP contribution in [0.3, 0.4) is 0 Å². The summed E-state index contributed by atoms with van der Waals surface area (Å²) in [6, 6.07) is 25.6. The predicted octanol–water partition coefficient (Wildman–Crippen LogP) is 7.15. The van der Waals surface area contributed by atoms with Crippen LogP contribution in [0.5, 0.6) is 0 Å². The van der Waals surface area contributed by atoms with Crippen LogP contribution in [-0.4, -0.2) is 27.8 Å². The van der Waals surface area contributed by atoms with Crippen LogP contribution < -0.4 is 4.40 Å². The molecule has 0 spiro atoms. The van der Waals surface area contributed by atoms with Gasteiger partial charge in [-0.3, -0.25) is 0 Å². The minimum absolute atomic E-state index is 0.870. The first-order valence-corrected chi connectivity index (χ1v) is 19.0. The van der Waals surface area contributed by atoms with Gasteiger partial charge in [0.2, 0.25) is 0 Å². The molecule has 34 heavy (non-hydrogen) atoms. The van der Waals surface area contributed by atoms with Crippen molar-refractivity contribution in [3.8, 4) is 17.1 Å². The third kappa shape index (κ3) is 3.28. The Morgan fingerprint density at radius 2 is 1.59 bits per heavy atom. The molecule has 3 aromatic carbocycles. The Hall–Kier alpha value is -3.38. The van der Waals surface area contributed by atoms with E-state index in [1.54, 1.807) is 0 Å². The van der Waals surface area contributed by atoms with Crippen LogP contribution in [0.4, 0.5) is 0 Å². The molecule has 0 bridgehead atoms. The minimum atomic E-state index is -1.97. The van der Waals surface area contributed by atoms with Gasteiger partial charge in [0.05, 0.1) is 0 Å². The summed E-state index contributed by atoms with van der Waals surface area (Å²) < 4.78 is 10.2. The molecule has 3 heterocycles. The van der Waals surface area contributed by atoms with E-state index in [2.05, 4.69) is 95.5 Å². The second-order valence-electron chi connectivity index (χ2n) is 10.1. The SMILES string of the molecule is Cc1cc2nc(-c3cccc4c3oc3c[c]([Ge]([CH3])([CH3])[CH3])ccc34)n(-c3ccccc3)c2c(C)n1. The maximum atomic E-state index is 6.58. The van der Waals surface area contributed by atoms with E-state index in [0.717, 1.165) is 61.4 Å². The van der Waals surface area contributed by atoms with E-state index in [-0.39, 0.29) is 0 Å². The Labute approximate surface area is 201 Å². The Balaban J connectivity index is 1.70. The summed E-state index contributed by atoms with van der Waals surface area (Å²) in [4.78, 5) is 9.88. The van der Waals surface area contributed by atoms with Crippen LogP contribution in [0.2, 0.25) is 17.3 Å². The molecule has 0 saturated carbocycles. The standard InChI is InChI=1S/C29H27GeN3O/c1-18-16-25-27(19(2)31-18)33(21-10-7-6-8-11-21)29(32-25)24-13-9-12-23-22-15-14-20(30(3,4)5)17-26(22)34-28(23)24/h6-17H,1-5H3. The number of nitrogens with zero attached hydrogens (tertiary/aromatic N) is 3. The number of hydrogen-bond donors (Lipinski definition) is 0. The Morgan fingerprint density at radius 3 is 2.35 bits per heavy atom. The van der Waals surface area contributed by atoms with E-state index in [9.17, 15) is 0 Å². The first-order valence-electron chi connectivity index (χ1n) is 11.7. The molecule has 0 saturated heterocycles. The molecular formula is C29H27GeN3O. The molecule has 6 rings (SSSR count). The summed E-state index contributed by atoms with van der Waals surface area (Å²) in [5.74, 6) is 8.11. The van der Waals surface area contributed by atoms with Crippen molar-refractivity contribution in [3.05, 3.63) is 84.2 Å². The second-order valence-corrected chi connectivity index (χ2v) is 20.7. The molecule has 0 aliphatic carbocycles. The van der Waals surface area contributed by atoms with Gasteiger partial charge in [-0.05, 0) is 0 Å². The van der Waals surface area contributed by atoms with Crippen molar-refractivity contribution >= 4 is 50.6 Å². The van der Waals surface area contributed by atoms with Crippen LogP contribution in [0.25, 0.3) is 50.0 Å². The van der Waals surface area contributed by atoms with E-state index in [0.29, 0.717) is 0 Å². The van der Waals surface area contributed by atoms with Crippen molar-refractivity contribution in [2.24, 2.45) is 0 Å². The number of furan rings is 1. The normalized spacial score (nSPS) is 12.3. The third-order valence-corrected chi connectivity index (χ3v) is 10.8. The molecule has 6 aromatic rings. The number of rotatable bonds is 3. The summed E-state index contributed by atoms with van der Waals surface area (Å²) >= 11 is -1.97. The fourth-order valence-corrected chi connectivity index (χ4v) is 7.29. The number of fused-ring (bicyclic) bond motifs is 4. The zero-order chi connectivity index (χ0) is 23.6. The first-order chi connectivity index (χ1) is 16.3. The third-order valence-electron chi connectivity index (χ3n) is 6.56. The van der Waals surface area contributed by atoms with E-state index in [1.807, 2.05) is 13.0 Å². The van der Waals surface area contributed by atoms with Crippen LogP contribution in [0, 0.1) is 13.8 Å². The molecule has 3 aromatic heterocycles. The Morgan fingerprint density at radius 1 is 0.794 bits per heavy atom. The first kappa shape index (κ1) is 21.2. The molecule has 0 radical (unpaired) electrons. The van der Waals surface area contributed by atoms with Crippen molar-refractivity contribution in [2.75, 3.05) is 0 Å². The molecule has 0 atom stereocenters. The topological polar surface area (TPSA) is 43.9 Å². The van der Waals surface area contributed by atoms with Gasteiger partial charge in [-0.1, -0.05) is 0 Å². The Bertz CT molecular complexity index is 1710. The van der Waals surface area contributed by atoms with Gasteiger partial charge in [0, 0.05) is 0 Å². The van der Waals surface area contributed by atoms with Gasteiger partial charge in [0.25, 0.3) is 0 Å². The summed E-state index contributed by atoms with van der Waals surface area (Å²) in [6.07, 6.45) is 0. The molecule has 0 aliphatic rings. The fraction of sp³-hybridized carbons (Fsp3) is 0.172. The Kier molecular flexibility index (Phi) is 4.71. The van der Waals surface area contributed by atoms with Gasteiger partial charge in [0.15, 0.2) is 0 Å². The van der Waals surface area contributed by atoms with E-state index < -0.39 is 13.3 Å². The maximum absolute atomic E-state index is 6.58. The molecule has 5 heteroatoms. The summed E-state index contributed by atoms with van der Waals surface area (Å²) in [6.45, 7) is 4.08. The number of hydrogen-bond acceptors (Lipinski definition) is 3. The van der Waals surface area contributed by atoms with E-state index >= 15 is 0 Å². The van der Waals surface area contributed by atoms with Crippen molar-refractivity contribution in [2.45, 2.75) is 31.1 Å². The van der Waals surface area contributed by atoms with Crippen LogP contribution >= 0.6 is 0 Å². The molecule has 0 N–H and O–H groups in total. The number of para-hydroxylation sites is 2. The molecule has 0 amide bonds. The van der Waals surface area contributed by atoms with Crippen molar-refractivity contribution in [1.29, 1.82) is 0 Å². The average molecular weight is 506 g/mol. The average Bonchev–Trinajstić information content (AvgIpc) is 3.37. The molecule has 0 unspecified atom stereocenters. The van der Waals surface area contributed by atoms with E-state index in [1.165, 1.54) is 4.40 Å². The number of aromatic nitrogens is 3. The van der Waals surface area contributed by atoms with Gasteiger partial charge in [-0.2, -0.15) is 0 Å². The van der Waals surface area contributed by atoms with Crippen molar-refractivity contribution in [1.82, 2.24) is 14.5 Å². The van der Waals surface area contributed by atoms with Crippen molar-refractivity contribution < 1.29 is 4.42 Å². The number of pyridine rings is 1. The van der Waals surface area contributed by atoms with Crippen LogP contribution in [-0.2, 0) is 0 Å². The summed E-state index contributed by atoms with van der Waals surface area (Å²) in [7, 11) is 0. The van der Waals surface area contributed by atoms with E-state index in [4.69, 9.17) is 14.4 Å².